The van der Waals surface area contributed by atoms with E-state index >= 15 is 0 Å². The molecule has 22 heavy (non-hydrogen) atoms. The van der Waals surface area contributed by atoms with Crippen LogP contribution < -0.4 is 0 Å². The quantitative estimate of drug-likeness (QED) is 0.837. The second-order valence-electron chi connectivity index (χ2n) is 6.35. The molecule has 1 fully saturated rings. The number of phenolic OH excluding ortho intramolecular Hbond substituents is 1. The Hall–Kier alpha value is -1.81. The van der Waals surface area contributed by atoms with E-state index in [1.165, 1.54) is 12.1 Å². The lowest BCUT2D eigenvalue weighted by atomic mass is 9.77. The summed E-state index contributed by atoms with van der Waals surface area (Å²) in [5.41, 5.74) is 0.452. The average molecular weight is 301 g/mol. The SMILES string of the molecule is CC1(C)OB(C(=Cc2ccc(C#N)c(O)c2)CO)OC1(C)C. The number of phenols is 1. The van der Waals surface area contributed by atoms with Crippen LogP contribution in [0.5, 0.6) is 5.75 Å². The fourth-order valence-corrected chi connectivity index (χ4v) is 2.13. The molecule has 0 amide bonds. The fourth-order valence-electron chi connectivity index (χ4n) is 2.13. The van der Waals surface area contributed by atoms with Crippen LogP contribution in [0, 0.1) is 11.3 Å². The van der Waals surface area contributed by atoms with Crippen LogP contribution in [0.2, 0.25) is 0 Å². The van der Waals surface area contributed by atoms with Gasteiger partial charge in [-0.05, 0) is 50.9 Å². The first-order valence-electron chi connectivity index (χ1n) is 7.10. The number of rotatable bonds is 3. The minimum absolute atomic E-state index is 0.0949. The normalized spacial score (nSPS) is 20.0. The molecule has 1 aromatic rings. The summed E-state index contributed by atoms with van der Waals surface area (Å²) in [6.07, 6.45) is 1.70. The van der Waals surface area contributed by atoms with Gasteiger partial charge in [0.2, 0.25) is 0 Å². The first kappa shape index (κ1) is 16.6. The maximum atomic E-state index is 9.73. The molecule has 0 spiro atoms. The zero-order valence-electron chi connectivity index (χ0n) is 13.3. The topological polar surface area (TPSA) is 82.7 Å². The third kappa shape index (κ3) is 3.02. The van der Waals surface area contributed by atoms with Gasteiger partial charge in [-0.1, -0.05) is 12.1 Å². The van der Waals surface area contributed by atoms with E-state index < -0.39 is 18.3 Å². The third-order valence-electron chi connectivity index (χ3n) is 4.23. The summed E-state index contributed by atoms with van der Waals surface area (Å²) >= 11 is 0. The van der Waals surface area contributed by atoms with Gasteiger partial charge in [-0.3, -0.25) is 0 Å². The smallest absolute Gasteiger partial charge is 0.492 e. The fraction of sp³-hybridized carbons (Fsp3) is 0.438. The van der Waals surface area contributed by atoms with E-state index in [9.17, 15) is 10.2 Å². The van der Waals surface area contributed by atoms with Crippen LogP contribution in [0.25, 0.3) is 6.08 Å². The molecule has 0 aromatic heterocycles. The van der Waals surface area contributed by atoms with Crippen LogP contribution in [0.4, 0.5) is 0 Å². The van der Waals surface area contributed by atoms with Gasteiger partial charge in [0.05, 0.1) is 23.4 Å². The molecular weight excluding hydrogens is 281 g/mol. The highest BCUT2D eigenvalue weighted by Crippen LogP contribution is 2.38. The Morgan fingerprint density at radius 3 is 2.32 bits per heavy atom. The summed E-state index contributed by atoms with van der Waals surface area (Å²) in [6, 6.07) is 6.59. The molecule has 0 bridgehead atoms. The van der Waals surface area contributed by atoms with Crippen LogP contribution in [-0.2, 0) is 9.31 Å². The standard InChI is InChI=1S/C16H20BNO4/c1-15(2)16(3,4)22-17(21-15)13(10-19)7-11-5-6-12(9-18)14(20)8-11/h5-8,19-20H,10H2,1-4H3. The highest BCUT2D eigenvalue weighted by molar-refractivity contribution is 6.55. The van der Waals surface area contributed by atoms with Crippen molar-refractivity contribution in [3.05, 3.63) is 34.8 Å². The van der Waals surface area contributed by atoms with Crippen molar-refractivity contribution in [2.75, 3.05) is 6.61 Å². The Kier molecular flexibility index (Phi) is 4.34. The molecule has 1 heterocycles. The molecule has 6 heteroatoms. The van der Waals surface area contributed by atoms with Crippen LogP contribution in [0.15, 0.2) is 23.7 Å². The van der Waals surface area contributed by atoms with E-state index in [2.05, 4.69) is 0 Å². The van der Waals surface area contributed by atoms with Gasteiger partial charge >= 0.3 is 7.12 Å². The van der Waals surface area contributed by atoms with Crippen LogP contribution in [0.1, 0.15) is 38.8 Å². The Morgan fingerprint density at radius 1 is 1.27 bits per heavy atom. The molecule has 1 saturated heterocycles. The molecule has 2 rings (SSSR count). The van der Waals surface area contributed by atoms with Gasteiger partial charge in [-0.15, -0.1) is 0 Å². The van der Waals surface area contributed by atoms with E-state index in [-0.39, 0.29) is 17.9 Å². The van der Waals surface area contributed by atoms with Crippen LogP contribution in [0.3, 0.4) is 0 Å². The van der Waals surface area contributed by atoms with Gasteiger partial charge in [0.25, 0.3) is 0 Å². The second kappa shape index (κ2) is 5.77. The Bertz CT molecular complexity index is 630. The third-order valence-corrected chi connectivity index (χ3v) is 4.23. The summed E-state index contributed by atoms with van der Waals surface area (Å²) in [5.74, 6) is -0.0949. The summed E-state index contributed by atoms with van der Waals surface area (Å²) in [6.45, 7) is 7.54. The van der Waals surface area contributed by atoms with Gasteiger partial charge in [0.15, 0.2) is 0 Å². The Balaban J connectivity index is 2.30. The van der Waals surface area contributed by atoms with Gasteiger partial charge in [0.1, 0.15) is 11.8 Å². The van der Waals surface area contributed by atoms with Crippen molar-refractivity contribution in [1.82, 2.24) is 0 Å². The maximum Gasteiger partial charge on any atom is 0.492 e. The lowest BCUT2D eigenvalue weighted by Crippen LogP contribution is -2.41. The predicted molar refractivity (Wildman–Crippen MR) is 84.0 cm³/mol. The molecule has 5 nitrogen and oxygen atoms in total. The van der Waals surface area contributed by atoms with Gasteiger partial charge in [0, 0.05) is 0 Å². The number of nitrogens with zero attached hydrogens (tertiary/aromatic N) is 1. The number of aliphatic hydroxyl groups excluding tert-OH is 1. The van der Waals surface area contributed by atoms with Crippen molar-refractivity contribution in [3.63, 3.8) is 0 Å². The molecule has 1 aliphatic heterocycles. The van der Waals surface area contributed by atoms with Crippen LogP contribution in [-0.4, -0.2) is 35.1 Å². The molecule has 0 radical (unpaired) electrons. The van der Waals surface area contributed by atoms with Crippen molar-refractivity contribution in [1.29, 1.82) is 5.26 Å². The molecule has 0 aliphatic carbocycles. The lowest BCUT2D eigenvalue weighted by Gasteiger charge is -2.32. The van der Waals surface area contributed by atoms with E-state index in [1.807, 2.05) is 33.8 Å². The van der Waals surface area contributed by atoms with Crippen molar-refractivity contribution in [3.8, 4) is 11.8 Å². The monoisotopic (exact) mass is 301 g/mol. The van der Waals surface area contributed by atoms with E-state index in [0.29, 0.717) is 11.0 Å². The molecule has 1 aliphatic rings. The van der Waals surface area contributed by atoms with Gasteiger partial charge in [-0.25, -0.2) is 0 Å². The van der Waals surface area contributed by atoms with Crippen molar-refractivity contribution in [2.45, 2.75) is 38.9 Å². The van der Waals surface area contributed by atoms with Crippen molar-refractivity contribution >= 4 is 13.2 Å². The Morgan fingerprint density at radius 2 is 1.86 bits per heavy atom. The summed E-state index contributed by atoms with van der Waals surface area (Å²) in [5, 5.41) is 28.2. The number of aromatic hydroxyl groups is 1. The number of hydrogen-bond donors (Lipinski definition) is 2. The van der Waals surface area contributed by atoms with Crippen LogP contribution >= 0.6 is 0 Å². The predicted octanol–water partition coefficient (Wildman–Crippen LogP) is 2.27. The first-order valence-corrected chi connectivity index (χ1v) is 7.10. The van der Waals surface area contributed by atoms with Gasteiger partial charge in [-0.2, -0.15) is 5.26 Å². The van der Waals surface area contributed by atoms with E-state index in [0.717, 1.165) is 0 Å². The zero-order valence-corrected chi connectivity index (χ0v) is 13.3. The average Bonchev–Trinajstić information content (AvgIpc) is 2.65. The summed E-state index contributed by atoms with van der Waals surface area (Å²) in [7, 11) is -0.646. The molecule has 0 unspecified atom stereocenters. The summed E-state index contributed by atoms with van der Waals surface area (Å²) in [4.78, 5) is 0. The van der Waals surface area contributed by atoms with Crippen molar-refractivity contribution in [2.24, 2.45) is 0 Å². The largest absolute Gasteiger partial charge is 0.507 e. The zero-order chi connectivity index (χ0) is 16.5. The Labute approximate surface area is 130 Å². The van der Waals surface area contributed by atoms with E-state index in [4.69, 9.17) is 14.6 Å². The molecule has 2 N–H and O–H groups in total. The first-order chi connectivity index (χ1) is 10.2. The molecular formula is C16H20BNO4. The van der Waals surface area contributed by atoms with Gasteiger partial charge < -0.3 is 19.5 Å². The molecule has 116 valence electrons. The molecule has 0 atom stereocenters. The summed E-state index contributed by atoms with van der Waals surface area (Å²) < 4.78 is 11.8. The number of hydrogen-bond acceptors (Lipinski definition) is 5. The highest BCUT2D eigenvalue weighted by atomic mass is 16.7. The maximum absolute atomic E-state index is 9.73. The number of nitriles is 1. The minimum atomic E-state index is -0.646. The molecule has 0 saturated carbocycles. The lowest BCUT2D eigenvalue weighted by molar-refractivity contribution is 0.00578. The highest BCUT2D eigenvalue weighted by Gasteiger charge is 2.52. The minimum Gasteiger partial charge on any atom is -0.507 e. The van der Waals surface area contributed by atoms with E-state index in [1.54, 1.807) is 12.1 Å². The van der Waals surface area contributed by atoms with Crippen molar-refractivity contribution < 1.29 is 19.5 Å². The number of benzene rings is 1. The molecule has 1 aromatic carbocycles. The number of aliphatic hydroxyl groups is 1. The second-order valence-corrected chi connectivity index (χ2v) is 6.35.